The first-order chi connectivity index (χ1) is 6.15. The second kappa shape index (κ2) is 5.96. The molecule has 0 radical (unpaired) electrons. The number of nitrogens with two attached hydrogens (primary N) is 1. The highest BCUT2D eigenvalue weighted by atomic mass is 35.5. The molecule has 1 atom stereocenters. The average Bonchev–Trinajstić information content (AvgIpc) is 2.04. The van der Waals surface area contributed by atoms with Gasteiger partial charge in [0.2, 0.25) is 0 Å². The van der Waals surface area contributed by atoms with E-state index in [0.29, 0.717) is 12.0 Å². The van der Waals surface area contributed by atoms with Crippen molar-refractivity contribution in [1.29, 1.82) is 0 Å². The summed E-state index contributed by atoms with van der Waals surface area (Å²) >= 11 is 0. The van der Waals surface area contributed by atoms with Gasteiger partial charge in [0.25, 0.3) is 0 Å². The van der Waals surface area contributed by atoms with Crippen LogP contribution in [0.2, 0.25) is 0 Å². The van der Waals surface area contributed by atoms with Gasteiger partial charge in [0, 0.05) is 18.2 Å². The van der Waals surface area contributed by atoms with Crippen LogP contribution in [-0.4, -0.2) is 11.7 Å². The molecule has 0 unspecified atom stereocenters. The van der Waals surface area contributed by atoms with Gasteiger partial charge in [-0.1, -0.05) is 12.1 Å². The molecule has 1 aromatic carbocycles. The maximum Gasteiger partial charge on any atom is 0.128 e. The zero-order chi connectivity index (χ0) is 9.84. The van der Waals surface area contributed by atoms with Gasteiger partial charge < -0.3 is 10.8 Å². The van der Waals surface area contributed by atoms with Crippen molar-refractivity contribution in [2.45, 2.75) is 19.4 Å². The summed E-state index contributed by atoms with van der Waals surface area (Å²) in [4.78, 5) is 0. The molecule has 14 heavy (non-hydrogen) atoms. The predicted molar refractivity (Wildman–Crippen MR) is 57.0 cm³/mol. The molecular formula is C10H15ClFNO. The van der Waals surface area contributed by atoms with Crippen molar-refractivity contribution in [2.24, 2.45) is 5.73 Å². The summed E-state index contributed by atoms with van der Waals surface area (Å²) in [6.07, 6.45) is 0.389. The zero-order valence-electron chi connectivity index (χ0n) is 8.03. The fourth-order valence-electron chi connectivity index (χ4n) is 1.23. The van der Waals surface area contributed by atoms with E-state index in [0.717, 1.165) is 5.56 Å². The molecule has 0 aliphatic carbocycles. The average molecular weight is 220 g/mol. The van der Waals surface area contributed by atoms with Crippen LogP contribution < -0.4 is 5.73 Å². The minimum Gasteiger partial charge on any atom is -0.396 e. The quantitative estimate of drug-likeness (QED) is 0.816. The van der Waals surface area contributed by atoms with E-state index in [4.69, 9.17) is 10.8 Å². The lowest BCUT2D eigenvalue weighted by molar-refractivity contribution is 0.275. The lowest BCUT2D eigenvalue weighted by Gasteiger charge is -2.11. The zero-order valence-corrected chi connectivity index (χ0v) is 8.85. The Bertz CT molecular complexity index is 293. The SMILES string of the molecule is Cc1ccc([C@H](N)CCO)c(F)c1.Cl. The smallest absolute Gasteiger partial charge is 0.128 e. The van der Waals surface area contributed by atoms with Crippen molar-refractivity contribution in [3.05, 3.63) is 35.1 Å². The summed E-state index contributed by atoms with van der Waals surface area (Å²) in [5.74, 6) is -0.291. The summed E-state index contributed by atoms with van der Waals surface area (Å²) in [5, 5.41) is 8.64. The van der Waals surface area contributed by atoms with Crippen LogP contribution in [0.5, 0.6) is 0 Å². The third-order valence-electron chi connectivity index (χ3n) is 2.00. The molecule has 80 valence electrons. The molecule has 1 rings (SSSR count). The minimum absolute atomic E-state index is 0. The van der Waals surface area contributed by atoms with Crippen LogP contribution in [0.25, 0.3) is 0 Å². The third-order valence-corrected chi connectivity index (χ3v) is 2.00. The van der Waals surface area contributed by atoms with Crippen LogP contribution in [0.3, 0.4) is 0 Å². The first kappa shape index (κ1) is 13.4. The number of hydrogen-bond acceptors (Lipinski definition) is 2. The molecule has 0 spiro atoms. The second-order valence-electron chi connectivity index (χ2n) is 3.14. The summed E-state index contributed by atoms with van der Waals surface area (Å²) in [6.45, 7) is 1.80. The number of halogens is 2. The molecule has 0 aliphatic rings. The first-order valence-electron chi connectivity index (χ1n) is 4.27. The lowest BCUT2D eigenvalue weighted by atomic mass is 10.0. The van der Waals surface area contributed by atoms with E-state index < -0.39 is 6.04 Å². The highest BCUT2D eigenvalue weighted by Gasteiger charge is 2.10. The van der Waals surface area contributed by atoms with E-state index in [1.807, 2.05) is 13.0 Å². The maximum atomic E-state index is 13.3. The molecule has 0 fully saturated rings. The van der Waals surface area contributed by atoms with Crippen molar-refractivity contribution in [3.8, 4) is 0 Å². The minimum atomic E-state index is -0.411. The highest BCUT2D eigenvalue weighted by Crippen LogP contribution is 2.18. The Morgan fingerprint density at radius 2 is 2.14 bits per heavy atom. The molecule has 4 heteroatoms. The van der Waals surface area contributed by atoms with Crippen LogP contribution in [0.1, 0.15) is 23.6 Å². The standard InChI is InChI=1S/C10H14FNO.ClH/c1-7-2-3-8(9(11)6-7)10(12)4-5-13;/h2-3,6,10,13H,4-5,12H2,1H3;1H/t10-;/m1./s1. The first-order valence-corrected chi connectivity index (χ1v) is 4.27. The normalized spacial score (nSPS) is 12.0. The van der Waals surface area contributed by atoms with E-state index in [2.05, 4.69) is 0 Å². The topological polar surface area (TPSA) is 46.2 Å². The van der Waals surface area contributed by atoms with Gasteiger partial charge in [0.05, 0.1) is 0 Å². The van der Waals surface area contributed by atoms with E-state index in [1.54, 1.807) is 6.07 Å². The molecular weight excluding hydrogens is 205 g/mol. The van der Waals surface area contributed by atoms with E-state index >= 15 is 0 Å². The summed E-state index contributed by atoms with van der Waals surface area (Å²) < 4.78 is 13.3. The lowest BCUT2D eigenvalue weighted by Crippen LogP contribution is -2.13. The Balaban J connectivity index is 0.00000169. The van der Waals surface area contributed by atoms with Gasteiger partial charge in [0.1, 0.15) is 5.82 Å². The van der Waals surface area contributed by atoms with Gasteiger partial charge in [0.15, 0.2) is 0 Å². The summed E-state index contributed by atoms with van der Waals surface area (Å²) in [5.41, 5.74) is 7.00. The maximum absolute atomic E-state index is 13.3. The summed E-state index contributed by atoms with van der Waals surface area (Å²) in [7, 11) is 0. The van der Waals surface area contributed by atoms with Crippen molar-refractivity contribution >= 4 is 12.4 Å². The van der Waals surface area contributed by atoms with Crippen molar-refractivity contribution < 1.29 is 9.50 Å². The number of rotatable bonds is 3. The molecule has 2 nitrogen and oxygen atoms in total. The summed E-state index contributed by atoms with van der Waals surface area (Å²) in [6, 6.07) is 4.53. The van der Waals surface area contributed by atoms with Crippen molar-refractivity contribution in [1.82, 2.24) is 0 Å². The van der Waals surface area contributed by atoms with Gasteiger partial charge in [-0.05, 0) is 25.0 Å². The molecule has 0 amide bonds. The van der Waals surface area contributed by atoms with Crippen LogP contribution in [0, 0.1) is 12.7 Å². The van der Waals surface area contributed by atoms with Crippen LogP contribution in [0.15, 0.2) is 18.2 Å². The Morgan fingerprint density at radius 1 is 1.50 bits per heavy atom. The molecule has 0 heterocycles. The Hall–Kier alpha value is -0.640. The van der Waals surface area contributed by atoms with E-state index in [-0.39, 0.29) is 24.8 Å². The molecule has 3 N–H and O–H groups in total. The van der Waals surface area contributed by atoms with Gasteiger partial charge in [-0.2, -0.15) is 0 Å². The molecule has 1 aromatic rings. The van der Waals surface area contributed by atoms with Crippen LogP contribution in [0.4, 0.5) is 4.39 Å². The fraction of sp³-hybridized carbons (Fsp3) is 0.400. The largest absolute Gasteiger partial charge is 0.396 e. The monoisotopic (exact) mass is 219 g/mol. The van der Waals surface area contributed by atoms with Gasteiger partial charge in [-0.3, -0.25) is 0 Å². The Kier molecular flexibility index (Phi) is 5.69. The van der Waals surface area contributed by atoms with Crippen molar-refractivity contribution in [3.63, 3.8) is 0 Å². The Labute approximate surface area is 89.3 Å². The highest BCUT2D eigenvalue weighted by molar-refractivity contribution is 5.85. The molecule has 0 saturated heterocycles. The molecule has 0 saturated carbocycles. The van der Waals surface area contributed by atoms with E-state index in [1.165, 1.54) is 6.07 Å². The van der Waals surface area contributed by atoms with Gasteiger partial charge >= 0.3 is 0 Å². The van der Waals surface area contributed by atoms with Gasteiger partial charge in [-0.15, -0.1) is 12.4 Å². The number of aliphatic hydroxyl groups excluding tert-OH is 1. The van der Waals surface area contributed by atoms with Crippen LogP contribution >= 0.6 is 12.4 Å². The second-order valence-corrected chi connectivity index (χ2v) is 3.14. The molecule has 0 aromatic heterocycles. The molecule has 0 aliphatic heterocycles. The molecule has 0 bridgehead atoms. The van der Waals surface area contributed by atoms with E-state index in [9.17, 15) is 4.39 Å². The Morgan fingerprint density at radius 3 is 2.64 bits per heavy atom. The number of benzene rings is 1. The third kappa shape index (κ3) is 3.25. The fourth-order valence-corrected chi connectivity index (χ4v) is 1.23. The van der Waals surface area contributed by atoms with Crippen LogP contribution in [-0.2, 0) is 0 Å². The predicted octanol–water partition coefficient (Wildman–Crippen LogP) is 1.94. The number of aliphatic hydroxyl groups is 1. The van der Waals surface area contributed by atoms with Crippen molar-refractivity contribution in [2.75, 3.05) is 6.61 Å². The van der Waals surface area contributed by atoms with Gasteiger partial charge in [-0.25, -0.2) is 4.39 Å². The number of aryl methyl sites for hydroxylation is 1. The number of hydrogen-bond donors (Lipinski definition) is 2.